The van der Waals surface area contributed by atoms with E-state index in [0.29, 0.717) is 6.04 Å². The number of nitrogens with two attached hydrogens (primary N) is 1. The monoisotopic (exact) mass is 174 g/mol. The topological polar surface area (TPSA) is 55.1 Å². The van der Waals surface area contributed by atoms with Gasteiger partial charge in [-0.15, -0.1) is 0 Å². The molecule has 2 unspecified atom stereocenters. The van der Waals surface area contributed by atoms with Crippen molar-refractivity contribution >= 4 is 17.7 Å². The highest BCUT2D eigenvalue weighted by Gasteiger charge is 2.19. The number of carbonyl (C=O) groups excluding carboxylic acids is 1. The molecule has 1 aliphatic rings. The van der Waals surface area contributed by atoms with Gasteiger partial charge in [0.2, 0.25) is 5.91 Å². The maximum atomic E-state index is 10.6. The third-order valence-corrected chi connectivity index (χ3v) is 3.00. The first-order chi connectivity index (χ1) is 5.20. The summed E-state index contributed by atoms with van der Waals surface area (Å²) in [5.41, 5.74) is 5.11. The number of rotatable bonds is 3. The summed E-state index contributed by atoms with van der Waals surface area (Å²) in [6, 6.07) is 0.307. The fraction of sp³-hybridized carbons (Fsp3) is 0.857. The van der Waals surface area contributed by atoms with E-state index in [0.717, 1.165) is 12.2 Å². The molecule has 1 amide bonds. The summed E-state index contributed by atoms with van der Waals surface area (Å²) in [6.45, 7) is 1.81. The van der Waals surface area contributed by atoms with Crippen molar-refractivity contribution in [1.82, 2.24) is 5.32 Å². The molecule has 0 saturated carbocycles. The van der Waals surface area contributed by atoms with E-state index in [1.165, 1.54) is 5.75 Å². The fourth-order valence-corrected chi connectivity index (χ4v) is 2.27. The van der Waals surface area contributed by atoms with Gasteiger partial charge in [0, 0.05) is 11.8 Å². The largest absolute Gasteiger partial charge is 0.368 e. The van der Waals surface area contributed by atoms with Crippen LogP contribution in [-0.2, 0) is 4.79 Å². The first-order valence-corrected chi connectivity index (χ1v) is 4.98. The lowest BCUT2D eigenvalue weighted by atomic mass is 10.2. The molecule has 2 atom stereocenters. The molecule has 1 saturated heterocycles. The van der Waals surface area contributed by atoms with Crippen molar-refractivity contribution in [2.24, 2.45) is 5.73 Å². The van der Waals surface area contributed by atoms with E-state index in [9.17, 15) is 4.79 Å². The molecule has 1 aliphatic heterocycles. The standard InChI is InChI=1S/C7H14N2OS/c1-5(7(8)10)9-6-2-3-11-4-6/h5-6,9H,2-4H2,1H3,(H2,8,10). The molecule has 0 aromatic carbocycles. The van der Waals surface area contributed by atoms with Crippen LogP contribution in [0.15, 0.2) is 0 Å². The van der Waals surface area contributed by atoms with Crippen LogP contribution in [0.25, 0.3) is 0 Å². The third kappa shape index (κ3) is 2.71. The summed E-state index contributed by atoms with van der Waals surface area (Å²) in [6.07, 6.45) is 1.16. The van der Waals surface area contributed by atoms with Crippen molar-refractivity contribution in [3.63, 3.8) is 0 Å². The summed E-state index contributed by atoms with van der Waals surface area (Å²) in [5, 5.41) is 3.18. The smallest absolute Gasteiger partial charge is 0.234 e. The van der Waals surface area contributed by atoms with E-state index in [-0.39, 0.29) is 11.9 Å². The van der Waals surface area contributed by atoms with Gasteiger partial charge in [0.25, 0.3) is 0 Å². The molecular formula is C7H14N2OS. The highest BCUT2D eigenvalue weighted by molar-refractivity contribution is 7.99. The Morgan fingerprint density at radius 3 is 3.00 bits per heavy atom. The Morgan fingerprint density at radius 2 is 2.55 bits per heavy atom. The minimum Gasteiger partial charge on any atom is -0.368 e. The molecule has 3 N–H and O–H groups in total. The fourth-order valence-electron chi connectivity index (χ4n) is 1.10. The number of hydrogen-bond acceptors (Lipinski definition) is 3. The molecule has 11 heavy (non-hydrogen) atoms. The van der Waals surface area contributed by atoms with Gasteiger partial charge >= 0.3 is 0 Å². The average Bonchev–Trinajstić information content (AvgIpc) is 2.39. The van der Waals surface area contributed by atoms with Crippen molar-refractivity contribution in [2.45, 2.75) is 25.4 Å². The lowest BCUT2D eigenvalue weighted by molar-refractivity contribution is -0.119. The highest BCUT2D eigenvalue weighted by atomic mass is 32.2. The van der Waals surface area contributed by atoms with Gasteiger partial charge in [0.15, 0.2) is 0 Å². The number of carbonyl (C=O) groups is 1. The van der Waals surface area contributed by atoms with Crippen molar-refractivity contribution in [1.29, 1.82) is 0 Å². The highest BCUT2D eigenvalue weighted by Crippen LogP contribution is 2.17. The predicted octanol–water partition coefficient (Wildman–Crippen LogP) is -0.0447. The molecule has 64 valence electrons. The molecule has 0 aromatic rings. The number of thioether (sulfide) groups is 1. The number of amides is 1. The second-order valence-corrected chi connectivity index (χ2v) is 4.00. The van der Waals surface area contributed by atoms with Crippen molar-refractivity contribution in [2.75, 3.05) is 11.5 Å². The van der Waals surface area contributed by atoms with Crippen LogP contribution in [-0.4, -0.2) is 29.5 Å². The van der Waals surface area contributed by atoms with E-state index in [4.69, 9.17) is 5.73 Å². The lowest BCUT2D eigenvalue weighted by Crippen LogP contribution is -2.44. The summed E-state index contributed by atoms with van der Waals surface area (Å²) in [4.78, 5) is 10.6. The lowest BCUT2D eigenvalue weighted by Gasteiger charge is -2.15. The minimum absolute atomic E-state index is 0.182. The van der Waals surface area contributed by atoms with Gasteiger partial charge in [0.05, 0.1) is 6.04 Å². The Balaban J connectivity index is 2.23. The van der Waals surface area contributed by atoms with Crippen LogP contribution in [0.3, 0.4) is 0 Å². The van der Waals surface area contributed by atoms with Gasteiger partial charge in [-0.25, -0.2) is 0 Å². The molecule has 0 aromatic heterocycles. The summed E-state index contributed by atoms with van der Waals surface area (Å²) < 4.78 is 0. The normalized spacial score (nSPS) is 26.8. The molecule has 1 rings (SSSR count). The molecular weight excluding hydrogens is 160 g/mol. The zero-order valence-electron chi connectivity index (χ0n) is 6.67. The van der Waals surface area contributed by atoms with Crippen LogP contribution in [0.1, 0.15) is 13.3 Å². The second kappa shape index (κ2) is 3.97. The zero-order valence-corrected chi connectivity index (χ0v) is 7.49. The van der Waals surface area contributed by atoms with Crippen molar-refractivity contribution < 1.29 is 4.79 Å². The number of primary amides is 1. The van der Waals surface area contributed by atoms with Gasteiger partial charge in [-0.2, -0.15) is 11.8 Å². The first-order valence-electron chi connectivity index (χ1n) is 3.83. The molecule has 0 radical (unpaired) electrons. The average molecular weight is 174 g/mol. The van der Waals surface area contributed by atoms with Crippen LogP contribution >= 0.6 is 11.8 Å². The van der Waals surface area contributed by atoms with E-state index in [1.807, 2.05) is 18.7 Å². The van der Waals surface area contributed by atoms with E-state index < -0.39 is 0 Å². The van der Waals surface area contributed by atoms with Gasteiger partial charge in [-0.1, -0.05) is 0 Å². The van der Waals surface area contributed by atoms with Gasteiger partial charge in [-0.3, -0.25) is 4.79 Å². The van der Waals surface area contributed by atoms with E-state index in [1.54, 1.807) is 0 Å². The molecule has 3 nitrogen and oxygen atoms in total. The SMILES string of the molecule is CC(NC1CCSC1)C(N)=O. The Bertz CT molecular complexity index is 145. The van der Waals surface area contributed by atoms with Crippen LogP contribution in [0.2, 0.25) is 0 Å². The van der Waals surface area contributed by atoms with Crippen molar-refractivity contribution in [3.8, 4) is 0 Å². The summed E-state index contributed by atoms with van der Waals surface area (Å²) >= 11 is 1.92. The maximum absolute atomic E-state index is 10.6. The molecule has 0 bridgehead atoms. The van der Waals surface area contributed by atoms with Gasteiger partial charge in [-0.05, 0) is 19.1 Å². The molecule has 0 spiro atoms. The first kappa shape index (κ1) is 8.87. The van der Waals surface area contributed by atoms with Crippen LogP contribution in [0.5, 0.6) is 0 Å². The zero-order chi connectivity index (χ0) is 8.27. The maximum Gasteiger partial charge on any atom is 0.234 e. The second-order valence-electron chi connectivity index (χ2n) is 2.85. The Morgan fingerprint density at radius 1 is 1.82 bits per heavy atom. The Labute approximate surface area is 71.1 Å². The predicted molar refractivity (Wildman–Crippen MR) is 47.5 cm³/mol. The molecule has 1 fully saturated rings. The van der Waals surface area contributed by atoms with Crippen LogP contribution in [0.4, 0.5) is 0 Å². The summed E-state index contributed by atoms with van der Waals surface area (Å²) in [5.74, 6) is 2.04. The van der Waals surface area contributed by atoms with Gasteiger partial charge in [0.1, 0.15) is 0 Å². The quantitative estimate of drug-likeness (QED) is 0.631. The Hall–Kier alpha value is -0.220. The van der Waals surface area contributed by atoms with E-state index in [2.05, 4.69) is 5.32 Å². The molecule has 1 heterocycles. The third-order valence-electron chi connectivity index (χ3n) is 1.84. The number of nitrogens with one attached hydrogen (secondary N) is 1. The molecule has 0 aliphatic carbocycles. The van der Waals surface area contributed by atoms with Crippen LogP contribution < -0.4 is 11.1 Å². The summed E-state index contributed by atoms with van der Waals surface area (Å²) in [7, 11) is 0. The van der Waals surface area contributed by atoms with Crippen LogP contribution in [0, 0.1) is 0 Å². The Kier molecular flexibility index (Phi) is 3.20. The van der Waals surface area contributed by atoms with Crippen molar-refractivity contribution in [3.05, 3.63) is 0 Å². The number of hydrogen-bond donors (Lipinski definition) is 2. The van der Waals surface area contributed by atoms with E-state index >= 15 is 0 Å². The molecule has 4 heteroatoms. The van der Waals surface area contributed by atoms with Gasteiger partial charge < -0.3 is 11.1 Å². The minimum atomic E-state index is -0.262.